The van der Waals surface area contributed by atoms with Gasteiger partial charge in [0.1, 0.15) is 0 Å². The van der Waals surface area contributed by atoms with Gasteiger partial charge in [0.05, 0.1) is 11.3 Å². The Morgan fingerprint density at radius 3 is 2.67 bits per heavy atom. The zero-order valence-electron chi connectivity index (χ0n) is 7.86. The molecule has 1 rings (SSSR count). The van der Waals surface area contributed by atoms with Crippen LogP contribution in [0.2, 0.25) is 0 Å². The van der Waals surface area contributed by atoms with Gasteiger partial charge >= 0.3 is 11.7 Å². The Labute approximate surface area is 84.3 Å². The van der Waals surface area contributed by atoms with Crippen molar-refractivity contribution in [2.45, 2.75) is 13.3 Å². The Bertz CT molecular complexity index is 430. The second kappa shape index (κ2) is 4.04. The summed E-state index contributed by atoms with van der Waals surface area (Å²) in [5.41, 5.74) is -0.0621. The van der Waals surface area contributed by atoms with Gasteiger partial charge in [-0.05, 0) is 24.1 Å². The summed E-state index contributed by atoms with van der Waals surface area (Å²) in [6.07, 6.45) is -0.354. The number of nitro benzene ring substituents is 1. The van der Waals surface area contributed by atoms with E-state index in [0.29, 0.717) is 5.56 Å². The van der Waals surface area contributed by atoms with Crippen LogP contribution in [0.1, 0.15) is 11.1 Å². The van der Waals surface area contributed by atoms with E-state index in [2.05, 4.69) is 0 Å². The number of carbonyl (C=O) groups is 1. The molecule has 0 atom stereocenters. The molecule has 0 amide bonds. The SMILES string of the molecule is Cc1cc(F)c([N+](=O)[O-])cc1CC(=O)O. The van der Waals surface area contributed by atoms with E-state index < -0.39 is 22.4 Å². The van der Waals surface area contributed by atoms with Crippen molar-refractivity contribution in [1.82, 2.24) is 0 Å². The average molecular weight is 213 g/mol. The normalized spacial score (nSPS) is 10.0. The predicted molar refractivity (Wildman–Crippen MR) is 49.1 cm³/mol. The number of benzene rings is 1. The molecule has 80 valence electrons. The largest absolute Gasteiger partial charge is 0.481 e. The first kappa shape index (κ1) is 11.1. The Kier molecular flexibility index (Phi) is 2.99. The van der Waals surface area contributed by atoms with Gasteiger partial charge in [-0.25, -0.2) is 0 Å². The molecule has 0 saturated carbocycles. The molecule has 0 aliphatic heterocycles. The smallest absolute Gasteiger partial charge is 0.307 e. The van der Waals surface area contributed by atoms with Gasteiger partial charge in [0.25, 0.3) is 0 Å². The highest BCUT2D eigenvalue weighted by Crippen LogP contribution is 2.22. The van der Waals surface area contributed by atoms with E-state index in [0.717, 1.165) is 12.1 Å². The van der Waals surface area contributed by atoms with Crippen molar-refractivity contribution in [2.24, 2.45) is 0 Å². The number of nitro groups is 1. The number of carboxylic acids is 1. The average Bonchev–Trinajstić information content (AvgIpc) is 2.08. The van der Waals surface area contributed by atoms with Gasteiger partial charge in [-0.1, -0.05) is 0 Å². The van der Waals surface area contributed by atoms with E-state index in [1.807, 2.05) is 0 Å². The molecule has 1 N–H and O–H groups in total. The standard InChI is InChI=1S/C9H8FNO4/c1-5-2-7(10)8(11(14)15)3-6(5)4-9(12)13/h2-3H,4H2,1H3,(H,12,13). The lowest BCUT2D eigenvalue weighted by atomic mass is 10.0. The maximum Gasteiger partial charge on any atom is 0.307 e. The van der Waals surface area contributed by atoms with E-state index in [1.165, 1.54) is 6.92 Å². The third kappa shape index (κ3) is 2.49. The number of hydrogen-bond donors (Lipinski definition) is 1. The van der Waals surface area contributed by atoms with Gasteiger partial charge in [-0.3, -0.25) is 14.9 Å². The summed E-state index contributed by atoms with van der Waals surface area (Å²) >= 11 is 0. The highest BCUT2D eigenvalue weighted by Gasteiger charge is 2.17. The molecule has 15 heavy (non-hydrogen) atoms. The summed E-state index contributed by atoms with van der Waals surface area (Å²) < 4.78 is 13.0. The minimum atomic E-state index is -1.11. The third-order valence-corrected chi connectivity index (χ3v) is 1.94. The van der Waals surface area contributed by atoms with Crippen LogP contribution in [0.3, 0.4) is 0 Å². The lowest BCUT2D eigenvalue weighted by Gasteiger charge is -2.03. The molecular weight excluding hydrogens is 205 g/mol. The molecule has 1 aromatic rings. The van der Waals surface area contributed by atoms with Crippen molar-refractivity contribution in [3.05, 3.63) is 39.2 Å². The van der Waals surface area contributed by atoms with Gasteiger partial charge in [0.2, 0.25) is 5.82 Å². The van der Waals surface area contributed by atoms with Crippen LogP contribution >= 0.6 is 0 Å². The first-order valence-corrected chi connectivity index (χ1v) is 4.07. The van der Waals surface area contributed by atoms with Crippen LogP contribution in [0.25, 0.3) is 0 Å². The van der Waals surface area contributed by atoms with Gasteiger partial charge in [0, 0.05) is 6.07 Å². The Hall–Kier alpha value is -1.98. The minimum absolute atomic E-state index is 0.246. The van der Waals surface area contributed by atoms with Crippen molar-refractivity contribution >= 4 is 11.7 Å². The predicted octanol–water partition coefficient (Wildman–Crippen LogP) is 1.67. The maximum absolute atomic E-state index is 13.0. The van der Waals surface area contributed by atoms with Crippen molar-refractivity contribution < 1.29 is 19.2 Å². The molecule has 0 saturated heterocycles. The number of hydrogen-bond acceptors (Lipinski definition) is 3. The highest BCUT2D eigenvalue weighted by molar-refractivity contribution is 5.71. The van der Waals surface area contributed by atoms with E-state index in [-0.39, 0.29) is 12.0 Å². The summed E-state index contributed by atoms with van der Waals surface area (Å²) in [5, 5.41) is 18.9. The number of aryl methyl sites for hydroxylation is 1. The van der Waals surface area contributed by atoms with Crippen LogP contribution in [0.4, 0.5) is 10.1 Å². The van der Waals surface area contributed by atoms with Crippen LogP contribution in [0.5, 0.6) is 0 Å². The summed E-state index contributed by atoms with van der Waals surface area (Å²) in [4.78, 5) is 19.9. The molecular formula is C9H8FNO4. The van der Waals surface area contributed by atoms with E-state index >= 15 is 0 Å². The number of nitrogens with zero attached hydrogens (tertiary/aromatic N) is 1. The summed E-state index contributed by atoms with van der Waals surface area (Å²) in [6.45, 7) is 1.51. The monoisotopic (exact) mass is 213 g/mol. The molecule has 1 aromatic carbocycles. The van der Waals surface area contributed by atoms with E-state index in [9.17, 15) is 19.3 Å². The topological polar surface area (TPSA) is 80.4 Å². The number of halogens is 1. The first-order chi connectivity index (χ1) is 6.91. The number of aliphatic carboxylic acids is 1. The van der Waals surface area contributed by atoms with Crippen molar-refractivity contribution in [2.75, 3.05) is 0 Å². The number of carboxylic acid groups (broad SMARTS) is 1. The van der Waals surface area contributed by atoms with Gasteiger partial charge in [-0.15, -0.1) is 0 Å². The van der Waals surface area contributed by atoms with Crippen LogP contribution in [0.15, 0.2) is 12.1 Å². The van der Waals surface area contributed by atoms with Crippen molar-refractivity contribution in [3.8, 4) is 0 Å². The van der Waals surface area contributed by atoms with Crippen molar-refractivity contribution in [1.29, 1.82) is 0 Å². The van der Waals surface area contributed by atoms with Gasteiger partial charge in [-0.2, -0.15) is 4.39 Å². The van der Waals surface area contributed by atoms with Crippen LogP contribution < -0.4 is 0 Å². The maximum atomic E-state index is 13.0. The fraction of sp³-hybridized carbons (Fsp3) is 0.222. The second-order valence-corrected chi connectivity index (χ2v) is 3.06. The lowest BCUT2D eigenvalue weighted by Crippen LogP contribution is -2.04. The van der Waals surface area contributed by atoms with Gasteiger partial charge in [0.15, 0.2) is 0 Å². The van der Waals surface area contributed by atoms with Crippen LogP contribution in [0, 0.1) is 22.9 Å². The molecule has 0 radical (unpaired) electrons. The zero-order valence-corrected chi connectivity index (χ0v) is 7.86. The molecule has 5 nitrogen and oxygen atoms in total. The molecule has 0 bridgehead atoms. The Balaban J connectivity index is 3.23. The highest BCUT2D eigenvalue weighted by atomic mass is 19.1. The van der Waals surface area contributed by atoms with E-state index in [4.69, 9.17) is 5.11 Å². The molecule has 0 spiro atoms. The second-order valence-electron chi connectivity index (χ2n) is 3.06. The van der Waals surface area contributed by atoms with Gasteiger partial charge < -0.3 is 5.11 Å². The molecule has 0 fully saturated rings. The molecule has 6 heteroatoms. The molecule has 0 heterocycles. The Morgan fingerprint density at radius 1 is 1.60 bits per heavy atom. The third-order valence-electron chi connectivity index (χ3n) is 1.94. The first-order valence-electron chi connectivity index (χ1n) is 4.07. The molecule has 0 aliphatic rings. The minimum Gasteiger partial charge on any atom is -0.481 e. The quantitative estimate of drug-likeness (QED) is 0.611. The molecule has 0 unspecified atom stereocenters. The van der Waals surface area contributed by atoms with Crippen LogP contribution in [-0.4, -0.2) is 16.0 Å². The van der Waals surface area contributed by atoms with E-state index in [1.54, 1.807) is 0 Å². The number of rotatable bonds is 3. The Morgan fingerprint density at radius 2 is 2.20 bits per heavy atom. The molecule has 0 aliphatic carbocycles. The molecule has 0 aromatic heterocycles. The lowest BCUT2D eigenvalue weighted by molar-refractivity contribution is -0.387. The van der Waals surface area contributed by atoms with Crippen molar-refractivity contribution in [3.63, 3.8) is 0 Å². The summed E-state index contributed by atoms with van der Waals surface area (Å²) in [5.74, 6) is -2.06. The zero-order chi connectivity index (χ0) is 11.6. The fourth-order valence-electron chi connectivity index (χ4n) is 1.20. The summed E-state index contributed by atoms with van der Waals surface area (Å²) in [7, 11) is 0. The van der Waals surface area contributed by atoms with Crippen LogP contribution in [-0.2, 0) is 11.2 Å². The summed E-state index contributed by atoms with van der Waals surface area (Å²) in [6, 6.07) is 1.93. The fourth-order valence-corrected chi connectivity index (χ4v) is 1.20.